The molecule has 1 aromatic heterocycles. The highest BCUT2D eigenvalue weighted by Gasteiger charge is 2.31. The number of ether oxygens (including phenoxy) is 1. The van der Waals surface area contributed by atoms with Gasteiger partial charge in [-0.1, -0.05) is 42.5 Å². The van der Waals surface area contributed by atoms with E-state index in [-0.39, 0.29) is 16.8 Å². The van der Waals surface area contributed by atoms with Crippen LogP contribution in [0.1, 0.15) is 15.9 Å². The molecule has 0 fully saturated rings. The fourth-order valence-electron chi connectivity index (χ4n) is 3.09. The Morgan fingerprint density at radius 3 is 2.50 bits per heavy atom. The number of alkyl halides is 3. The van der Waals surface area contributed by atoms with Gasteiger partial charge in [0.2, 0.25) is 5.55 Å². The van der Waals surface area contributed by atoms with Crippen molar-refractivity contribution in [1.29, 1.82) is 0 Å². The van der Waals surface area contributed by atoms with E-state index in [2.05, 4.69) is 15.0 Å². The first-order chi connectivity index (χ1) is 15.3. The van der Waals surface area contributed by atoms with Crippen LogP contribution in [0.4, 0.5) is 24.5 Å². The summed E-state index contributed by atoms with van der Waals surface area (Å²) in [5, 5.41) is 3.50. The SMILES string of the molecule is Cc1ccccc1NC(=O)c1cc2ccccc2oc1=Nc1cccc(OC(F)(F)F)c1. The Morgan fingerprint density at radius 2 is 1.72 bits per heavy atom. The Balaban J connectivity index is 1.81. The number of hydrogen-bond donors (Lipinski definition) is 1. The number of aryl methyl sites for hydroxylation is 1. The van der Waals surface area contributed by atoms with Crippen LogP contribution in [-0.2, 0) is 0 Å². The van der Waals surface area contributed by atoms with Gasteiger partial charge in [0.1, 0.15) is 16.9 Å². The molecule has 0 saturated heterocycles. The van der Waals surface area contributed by atoms with Gasteiger partial charge in [0.15, 0.2) is 0 Å². The van der Waals surface area contributed by atoms with Gasteiger partial charge in [-0.05, 0) is 42.8 Å². The van der Waals surface area contributed by atoms with Gasteiger partial charge in [-0.25, -0.2) is 4.99 Å². The van der Waals surface area contributed by atoms with Gasteiger partial charge in [0.25, 0.3) is 5.91 Å². The Kier molecular flexibility index (Phi) is 5.68. The zero-order chi connectivity index (χ0) is 22.7. The van der Waals surface area contributed by atoms with E-state index in [1.807, 2.05) is 19.1 Å². The lowest BCUT2D eigenvalue weighted by molar-refractivity contribution is -0.274. The van der Waals surface area contributed by atoms with E-state index in [1.54, 1.807) is 42.5 Å². The average molecular weight is 438 g/mol. The predicted octanol–water partition coefficient (Wildman–Crippen LogP) is 6.12. The highest BCUT2D eigenvalue weighted by Crippen LogP contribution is 2.26. The minimum atomic E-state index is -4.83. The molecule has 0 bridgehead atoms. The summed E-state index contributed by atoms with van der Waals surface area (Å²) in [6, 6.07) is 21.1. The quantitative estimate of drug-likeness (QED) is 0.417. The van der Waals surface area contributed by atoms with Crippen molar-refractivity contribution in [2.45, 2.75) is 13.3 Å². The molecule has 0 radical (unpaired) electrons. The molecule has 1 heterocycles. The van der Waals surface area contributed by atoms with Gasteiger partial charge < -0.3 is 14.5 Å². The summed E-state index contributed by atoms with van der Waals surface area (Å²) in [5.74, 6) is -0.888. The largest absolute Gasteiger partial charge is 0.573 e. The van der Waals surface area contributed by atoms with Gasteiger partial charge in [0.05, 0.1) is 5.69 Å². The number of amides is 1. The Hall–Kier alpha value is -4.07. The first-order valence-electron chi connectivity index (χ1n) is 9.59. The van der Waals surface area contributed by atoms with Crippen LogP contribution >= 0.6 is 0 Å². The third-order valence-electron chi connectivity index (χ3n) is 4.58. The van der Waals surface area contributed by atoms with Crippen LogP contribution < -0.4 is 15.6 Å². The number of carbonyl (C=O) groups excluding carboxylic acids is 1. The molecule has 32 heavy (non-hydrogen) atoms. The van der Waals surface area contributed by atoms with Crippen LogP contribution in [0, 0.1) is 6.92 Å². The van der Waals surface area contributed by atoms with Crippen molar-refractivity contribution < 1.29 is 27.1 Å². The zero-order valence-electron chi connectivity index (χ0n) is 16.8. The lowest BCUT2D eigenvalue weighted by atomic mass is 10.1. The van der Waals surface area contributed by atoms with Crippen LogP contribution in [0.5, 0.6) is 5.75 Å². The molecule has 0 aliphatic rings. The number of rotatable bonds is 4. The van der Waals surface area contributed by atoms with Crippen molar-refractivity contribution >= 4 is 28.3 Å². The van der Waals surface area contributed by atoms with E-state index in [0.717, 1.165) is 17.7 Å². The number of carbonyl (C=O) groups is 1. The number of para-hydroxylation sites is 2. The number of halogens is 3. The van der Waals surface area contributed by atoms with Gasteiger partial charge in [-0.2, -0.15) is 0 Å². The van der Waals surface area contributed by atoms with Crippen molar-refractivity contribution in [3.05, 3.63) is 95.5 Å². The highest BCUT2D eigenvalue weighted by atomic mass is 19.4. The molecule has 4 rings (SSSR count). The topological polar surface area (TPSA) is 63.8 Å². The van der Waals surface area contributed by atoms with Crippen molar-refractivity contribution in [1.82, 2.24) is 0 Å². The summed E-state index contributed by atoms with van der Waals surface area (Å²) >= 11 is 0. The molecule has 0 aliphatic heterocycles. The summed E-state index contributed by atoms with van der Waals surface area (Å²) in [7, 11) is 0. The summed E-state index contributed by atoms with van der Waals surface area (Å²) < 4.78 is 47.5. The van der Waals surface area contributed by atoms with Crippen molar-refractivity contribution in [2.75, 3.05) is 5.32 Å². The van der Waals surface area contributed by atoms with E-state index in [4.69, 9.17) is 4.42 Å². The number of benzene rings is 3. The molecule has 3 aromatic carbocycles. The second-order valence-electron chi connectivity index (χ2n) is 6.93. The maximum absolute atomic E-state index is 13.1. The van der Waals surface area contributed by atoms with Crippen molar-refractivity contribution in [3.8, 4) is 5.75 Å². The molecule has 0 saturated carbocycles. The Morgan fingerprint density at radius 1 is 0.969 bits per heavy atom. The van der Waals surface area contributed by atoms with Crippen LogP contribution in [0.3, 0.4) is 0 Å². The number of anilines is 1. The average Bonchev–Trinajstić information content (AvgIpc) is 2.74. The molecule has 0 unspecified atom stereocenters. The molecule has 162 valence electrons. The molecular formula is C24H17F3N2O3. The highest BCUT2D eigenvalue weighted by molar-refractivity contribution is 6.05. The molecule has 0 aliphatic carbocycles. The van der Waals surface area contributed by atoms with Crippen LogP contribution in [-0.4, -0.2) is 12.3 Å². The predicted molar refractivity (Wildman–Crippen MR) is 114 cm³/mol. The fourth-order valence-corrected chi connectivity index (χ4v) is 3.09. The van der Waals surface area contributed by atoms with E-state index in [0.29, 0.717) is 16.7 Å². The molecule has 4 aromatic rings. The molecule has 0 atom stereocenters. The Bertz CT molecular complexity index is 1360. The van der Waals surface area contributed by atoms with E-state index < -0.39 is 18.0 Å². The minimum absolute atomic E-state index is 0.0426. The fraction of sp³-hybridized carbons (Fsp3) is 0.0833. The van der Waals surface area contributed by atoms with Gasteiger partial charge >= 0.3 is 6.36 Å². The van der Waals surface area contributed by atoms with Gasteiger partial charge in [-0.15, -0.1) is 13.2 Å². The molecule has 1 N–H and O–H groups in total. The standard InChI is InChI=1S/C24H17F3N2O3/c1-15-7-2-4-11-20(15)29-22(30)19-13-16-8-3-5-12-21(16)31-23(19)28-17-9-6-10-18(14-17)32-24(25,26)27/h2-14H,1H3,(H,29,30). The maximum atomic E-state index is 13.1. The monoisotopic (exact) mass is 438 g/mol. The van der Waals surface area contributed by atoms with Crippen LogP contribution in [0.2, 0.25) is 0 Å². The molecule has 1 amide bonds. The first kappa shape index (κ1) is 21.2. The molecule has 8 heteroatoms. The summed E-state index contributed by atoms with van der Waals surface area (Å²) in [6.45, 7) is 1.86. The number of nitrogens with zero attached hydrogens (tertiary/aromatic N) is 1. The first-order valence-corrected chi connectivity index (χ1v) is 9.59. The summed E-state index contributed by atoms with van der Waals surface area (Å²) in [4.78, 5) is 17.4. The summed E-state index contributed by atoms with van der Waals surface area (Å²) in [6.07, 6.45) is -4.83. The molecule has 5 nitrogen and oxygen atoms in total. The smallest absolute Gasteiger partial charge is 0.438 e. The van der Waals surface area contributed by atoms with Crippen LogP contribution in [0.15, 0.2) is 88.3 Å². The number of nitrogens with one attached hydrogen (secondary N) is 1. The normalized spacial score (nSPS) is 12.1. The third-order valence-corrected chi connectivity index (χ3v) is 4.58. The molecular weight excluding hydrogens is 421 g/mol. The van der Waals surface area contributed by atoms with E-state index in [1.165, 1.54) is 12.1 Å². The lowest BCUT2D eigenvalue weighted by Crippen LogP contribution is -2.22. The summed E-state index contributed by atoms with van der Waals surface area (Å²) in [5.41, 5.74) is 2.19. The number of fused-ring (bicyclic) bond motifs is 1. The van der Waals surface area contributed by atoms with Crippen LogP contribution in [0.25, 0.3) is 11.0 Å². The van der Waals surface area contributed by atoms with E-state index in [9.17, 15) is 18.0 Å². The van der Waals surface area contributed by atoms with E-state index >= 15 is 0 Å². The third kappa shape index (κ3) is 4.97. The van der Waals surface area contributed by atoms with Gasteiger partial charge in [-0.3, -0.25) is 4.79 Å². The Labute approximate surface area is 180 Å². The maximum Gasteiger partial charge on any atom is 0.573 e. The second kappa shape index (κ2) is 8.58. The zero-order valence-corrected chi connectivity index (χ0v) is 16.8. The van der Waals surface area contributed by atoms with Gasteiger partial charge in [0, 0.05) is 17.1 Å². The molecule has 0 spiro atoms. The minimum Gasteiger partial charge on any atom is -0.438 e. The second-order valence-corrected chi connectivity index (χ2v) is 6.93. The number of hydrogen-bond acceptors (Lipinski definition) is 4. The van der Waals surface area contributed by atoms with Crippen molar-refractivity contribution in [3.63, 3.8) is 0 Å². The lowest BCUT2D eigenvalue weighted by Gasteiger charge is -2.10. The van der Waals surface area contributed by atoms with Crippen molar-refractivity contribution in [2.24, 2.45) is 4.99 Å².